The van der Waals surface area contributed by atoms with Crippen molar-refractivity contribution < 1.29 is 9.90 Å². The lowest BCUT2D eigenvalue weighted by molar-refractivity contribution is -0.146. The first kappa shape index (κ1) is 13.5. The van der Waals surface area contributed by atoms with E-state index in [9.17, 15) is 9.90 Å². The molecule has 16 heavy (non-hydrogen) atoms. The van der Waals surface area contributed by atoms with E-state index in [0.717, 1.165) is 45.2 Å². The molecule has 0 heterocycles. The molecular weight excluding hydrogens is 204 g/mol. The highest BCUT2D eigenvalue weighted by Gasteiger charge is 2.38. The Bertz CT molecular complexity index is 223. The molecule has 1 aliphatic carbocycles. The summed E-state index contributed by atoms with van der Waals surface area (Å²) in [7, 11) is 4.07. The van der Waals surface area contributed by atoms with Gasteiger partial charge in [-0.1, -0.05) is 19.3 Å². The fourth-order valence-electron chi connectivity index (χ4n) is 2.34. The van der Waals surface area contributed by atoms with Crippen LogP contribution in [0.5, 0.6) is 0 Å². The van der Waals surface area contributed by atoms with Crippen LogP contribution in [0.1, 0.15) is 38.5 Å². The van der Waals surface area contributed by atoms with E-state index in [4.69, 9.17) is 0 Å². The predicted molar refractivity (Wildman–Crippen MR) is 64.6 cm³/mol. The smallest absolute Gasteiger partial charge is 0.323 e. The van der Waals surface area contributed by atoms with Gasteiger partial charge in [-0.2, -0.15) is 0 Å². The van der Waals surface area contributed by atoms with Crippen LogP contribution in [0.15, 0.2) is 0 Å². The number of carboxylic acid groups (broad SMARTS) is 1. The van der Waals surface area contributed by atoms with Crippen LogP contribution in [0, 0.1) is 0 Å². The highest BCUT2D eigenvalue weighted by atomic mass is 16.4. The van der Waals surface area contributed by atoms with Crippen LogP contribution in [0.3, 0.4) is 0 Å². The third-order valence-corrected chi connectivity index (χ3v) is 3.36. The van der Waals surface area contributed by atoms with Gasteiger partial charge in [0.25, 0.3) is 0 Å². The minimum atomic E-state index is -0.669. The summed E-state index contributed by atoms with van der Waals surface area (Å²) >= 11 is 0. The first-order valence-corrected chi connectivity index (χ1v) is 6.20. The van der Waals surface area contributed by atoms with Gasteiger partial charge in [-0.15, -0.1) is 0 Å². The summed E-state index contributed by atoms with van der Waals surface area (Å²) in [5, 5.41) is 12.6. The Balaban J connectivity index is 2.36. The van der Waals surface area contributed by atoms with Crippen LogP contribution in [-0.4, -0.2) is 48.7 Å². The lowest BCUT2D eigenvalue weighted by Gasteiger charge is -2.34. The molecule has 0 aliphatic heterocycles. The van der Waals surface area contributed by atoms with Crippen LogP contribution in [0.4, 0.5) is 0 Å². The summed E-state index contributed by atoms with van der Waals surface area (Å²) in [6.45, 7) is 1.80. The van der Waals surface area contributed by atoms with E-state index in [1.807, 2.05) is 14.1 Å². The molecule has 0 unspecified atom stereocenters. The Morgan fingerprint density at radius 3 is 2.44 bits per heavy atom. The molecule has 0 aromatic rings. The number of aliphatic carboxylic acids is 1. The first-order chi connectivity index (χ1) is 7.57. The molecule has 0 aromatic carbocycles. The standard InChI is InChI=1S/C12H24N2O2/c1-14(2)10-6-9-13-12(11(15)16)7-4-3-5-8-12/h13H,3-10H2,1-2H3,(H,15,16). The average Bonchev–Trinajstić information content (AvgIpc) is 2.25. The van der Waals surface area contributed by atoms with Crippen LogP contribution in [0.2, 0.25) is 0 Å². The molecule has 0 amide bonds. The summed E-state index contributed by atoms with van der Waals surface area (Å²) < 4.78 is 0. The third kappa shape index (κ3) is 3.76. The van der Waals surface area contributed by atoms with Gasteiger partial charge in [-0.25, -0.2) is 0 Å². The number of carboxylic acids is 1. The van der Waals surface area contributed by atoms with Gasteiger partial charge >= 0.3 is 5.97 Å². The largest absolute Gasteiger partial charge is 0.480 e. The highest BCUT2D eigenvalue weighted by molar-refractivity contribution is 5.78. The van der Waals surface area contributed by atoms with Gasteiger partial charge in [0.05, 0.1) is 0 Å². The topological polar surface area (TPSA) is 52.6 Å². The fraction of sp³-hybridized carbons (Fsp3) is 0.917. The van der Waals surface area contributed by atoms with Crippen LogP contribution in [-0.2, 0) is 4.79 Å². The van der Waals surface area contributed by atoms with Crippen molar-refractivity contribution in [2.24, 2.45) is 0 Å². The Hall–Kier alpha value is -0.610. The molecule has 0 saturated heterocycles. The van der Waals surface area contributed by atoms with Crippen molar-refractivity contribution in [3.63, 3.8) is 0 Å². The molecule has 4 heteroatoms. The molecule has 4 nitrogen and oxygen atoms in total. The van der Waals surface area contributed by atoms with E-state index in [1.54, 1.807) is 0 Å². The van der Waals surface area contributed by atoms with Crippen LogP contribution >= 0.6 is 0 Å². The summed E-state index contributed by atoms with van der Waals surface area (Å²) in [5.74, 6) is -0.669. The van der Waals surface area contributed by atoms with Gasteiger partial charge in [-0.3, -0.25) is 4.79 Å². The Kier molecular flexibility index (Phi) is 5.22. The summed E-state index contributed by atoms with van der Waals surface area (Å²) in [5.41, 5.74) is -0.634. The number of carbonyl (C=O) groups is 1. The Morgan fingerprint density at radius 2 is 1.94 bits per heavy atom. The van der Waals surface area contributed by atoms with Gasteiger partial charge in [0, 0.05) is 0 Å². The molecule has 0 bridgehead atoms. The van der Waals surface area contributed by atoms with Crippen molar-refractivity contribution in [3.8, 4) is 0 Å². The summed E-state index contributed by atoms with van der Waals surface area (Å²) in [6.07, 6.45) is 5.81. The second-order valence-corrected chi connectivity index (χ2v) is 5.03. The number of nitrogens with zero attached hydrogens (tertiary/aromatic N) is 1. The predicted octanol–water partition coefficient (Wildman–Crippen LogP) is 1.32. The molecule has 1 saturated carbocycles. The molecule has 0 spiro atoms. The van der Waals surface area contributed by atoms with Crippen LogP contribution < -0.4 is 5.32 Å². The molecule has 0 radical (unpaired) electrons. The zero-order chi connectivity index (χ0) is 12.0. The number of hydrogen-bond acceptors (Lipinski definition) is 3. The van der Waals surface area contributed by atoms with Gasteiger partial charge < -0.3 is 15.3 Å². The summed E-state index contributed by atoms with van der Waals surface area (Å²) in [6, 6.07) is 0. The van der Waals surface area contributed by atoms with Crippen molar-refractivity contribution in [2.75, 3.05) is 27.2 Å². The number of rotatable bonds is 6. The monoisotopic (exact) mass is 228 g/mol. The molecule has 1 rings (SSSR count). The van der Waals surface area contributed by atoms with E-state index in [-0.39, 0.29) is 0 Å². The van der Waals surface area contributed by atoms with Crippen molar-refractivity contribution >= 4 is 5.97 Å². The SMILES string of the molecule is CN(C)CCCNC1(C(=O)O)CCCCC1. The molecule has 94 valence electrons. The molecule has 2 N–H and O–H groups in total. The van der Waals surface area contributed by atoms with Gasteiger partial charge in [-0.05, 0) is 46.4 Å². The number of nitrogens with one attached hydrogen (secondary N) is 1. The molecule has 0 aromatic heterocycles. The van der Waals surface area contributed by atoms with Gasteiger partial charge in [0.2, 0.25) is 0 Å². The lowest BCUT2D eigenvalue weighted by atomic mass is 9.81. The third-order valence-electron chi connectivity index (χ3n) is 3.36. The van der Waals surface area contributed by atoms with E-state index < -0.39 is 11.5 Å². The molecule has 1 fully saturated rings. The second kappa shape index (κ2) is 6.21. The maximum Gasteiger partial charge on any atom is 0.323 e. The van der Waals surface area contributed by atoms with Gasteiger partial charge in [0.15, 0.2) is 0 Å². The van der Waals surface area contributed by atoms with Crippen molar-refractivity contribution in [2.45, 2.75) is 44.1 Å². The highest BCUT2D eigenvalue weighted by Crippen LogP contribution is 2.28. The van der Waals surface area contributed by atoms with Crippen molar-refractivity contribution in [1.29, 1.82) is 0 Å². The van der Waals surface area contributed by atoms with Crippen molar-refractivity contribution in [3.05, 3.63) is 0 Å². The first-order valence-electron chi connectivity index (χ1n) is 6.20. The van der Waals surface area contributed by atoms with Gasteiger partial charge in [0.1, 0.15) is 5.54 Å². The average molecular weight is 228 g/mol. The quantitative estimate of drug-likeness (QED) is 0.673. The molecule has 0 atom stereocenters. The number of hydrogen-bond donors (Lipinski definition) is 2. The van der Waals surface area contributed by atoms with E-state index in [2.05, 4.69) is 10.2 Å². The molecular formula is C12H24N2O2. The second-order valence-electron chi connectivity index (χ2n) is 5.03. The normalized spacial score (nSPS) is 19.9. The van der Waals surface area contributed by atoms with Crippen molar-refractivity contribution in [1.82, 2.24) is 10.2 Å². The van der Waals surface area contributed by atoms with Crippen LogP contribution in [0.25, 0.3) is 0 Å². The van der Waals surface area contributed by atoms with E-state index in [0.29, 0.717) is 0 Å². The van der Waals surface area contributed by atoms with E-state index in [1.165, 1.54) is 6.42 Å². The van der Waals surface area contributed by atoms with E-state index >= 15 is 0 Å². The fourth-order valence-corrected chi connectivity index (χ4v) is 2.34. The minimum Gasteiger partial charge on any atom is -0.480 e. The minimum absolute atomic E-state index is 0.634. The summed E-state index contributed by atoms with van der Waals surface area (Å²) in [4.78, 5) is 13.5. The molecule has 1 aliphatic rings. The lowest BCUT2D eigenvalue weighted by Crippen LogP contribution is -2.53. The maximum absolute atomic E-state index is 11.3. The Labute approximate surface area is 98.0 Å². The zero-order valence-electron chi connectivity index (χ0n) is 10.5. The zero-order valence-corrected chi connectivity index (χ0v) is 10.5. The maximum atomic E-state index is 11.3. The Morgan fingerprint density at radius 1 is 1.31 bits per heavy atom.